The average Bonchev–Trinajstić information content (AvgIpc) is 3.18. The number of rotatable bonds is 3. The van der Waals surface area contributed by atoms with Crippen LogP contribution in [0, 0.1) is 0 Å². The van der Waals surface area contributed by atoms with Gasteiger partial charge in [-0.1, -0.05) is 6.07 Å². The summed E-state index contributed by atoms with van der Waals surface area (Å²) in [5.41, 5.74) is 3.33. The number of carbonyl (C=O) groups excluding carboxylic acids is 1. The van der Waals surface area contributed by atoms with Gasteiger partial charge in [-0.05, 0) is 35.9 Å². The van der Waals surface area contributed by atoms with E-state index in [-0.39, 0.29) is 17.8 Å². The minimum Gasteiger partial charge on any atom is -0.345 e. The van der Waals surface area contributed by atoms with Crippen LogP contribution in [0.15, 0.2) is 42.7 Å². The first-order chi connectivity index (χ1) is 12.8. The molecule has 0 spiro atoms. The number of nitrogens with zero attached hydrogens (tertiary/aromatic N) is 3. The molecule has 0 radical (unpaired) electrons. The summed E-state index contributed by atoms with van der Waals surface area (Å²) >= 11 is 0. The Morgan fingerprint density at radius 1 is 1.19 bits per heavy atom. The smallest absolute Gasteiger partial charge is 0.345 e. The lowest BCUT2D eigenvalue weighted by atomic mass is 10.1. The maximum Gasteiger partial charge on any atom is 0.449 e. The molecule has 0 atom stereocenters. The van der Waals surface area contributed by atoms with Gasteiger partial charge in [0.05, 0.1) is 34.8 Å². The zero-order valence-corrected chi connectivity index (χ0v) is 14.1. The lowest BCUT2D eigenvalue weighted by Gasteiger charge is -2.06. The van der Waals surface area contributed by atoms with E-state index >= 15 is 0 Å². The van der Waals surface area contributed by atoms with Crippen molar-refractivity contribution in [3.8, 4) is 0 Å². The molecule has 0 saturated heterocycles. The van der Waals surface area contributed by atoms with Gasteiger partial charge in [0, 0.05) is 12.7 Å². The highest BCUT2D eigenvalue weighted by atomic mass is 19.4. The number of imidazole rings is 2. The summed E-state index contributed by atoms with van der Waals surface area (Å²) in [4.78, 5) is 23.0. The van der Waals surface area contributed by atoms with Crippen molar-refractivity contribution in [1.29, 1.82) is 0 Å². The highest BCUT2D eigenvalue weighted by Gasteiger charge is 2.36. The van der Waals surface area contributed by atoms with E-state index in [0.717, 1.165) is 21.2 Å². The molecular formula is C18H14F3N5O. The topological polar surface area (TPSA) is 75.6 Å². The van der Waals surface area contributed by atoms with E-state index in [0.29, 0.717) is 11.2 Å². The molecule has 2 heterocycles. The molecule has 2 aromatic carbocycles. The summed E-state index contributed by atoms with van der Waals surface area (Å²) in [5.74, 6) is -1.26. The number of hydrogen-bond acceptors (Lipinski definition) is 3. The molecule has 27 heavy (non-hydrogen) atoms. The number of aromatic nitrogens is 4. The molecule has 9 heteroatoms. The molecule has 1 amide bonds. The van der Waals surface area contributed by atoms with Crippen molar-refractivity contribution in [3.05, 3.63) is 54.1 Å². The van der Waals surface area contributed by atoms with E-state index in [1.54, 1.807) is 18.5 Å². The molecule has 0 unspecified atom stereocenters. The van der Waals surface area contributed by atoms with Gasteiger partial charge in [0.2, 0.25) is 11.7 Å². The Bertz CT molecular complexity index is 1160. The van der Waals surface area contributed by atoms with Crippen molar-refractivity contribution in [2.45, 2.75) is 12.6 Å². The number of alkyl halides is 3. The van der Waals surface area contributed by atoms with E-state index in [1.165, 1.54) is 19.2 Å². The molecule has 0 fully saturated rings. The van der Waals surface area contributed by atoms with Crippen molar-refractivity contribution in [3.63, 3.8) is 0 Å². The van der Waals surface area contributed by atoms with Gasteiger partial charge in [0.25, 0.3) is 0 Å². The van der Waals surface area contributed by atoms with Gasteiger partial charge in [-0.15, -0.1) is 0 Å². The second-order valence-electron chi connectivity index (χ2n) is 6.17. The number of aryl methyl sites for hydroxylation is 1. The number of benzene rings is 2. The Labute approximate surface area is 151 Å². The zero-order valence-electron chi connectivity index (χ0n) is 14.1. The molecular weight excluding hydrogens is 359 g/mol. The predicted octanol–water partition coefficient (Wildman–Crippen LogP) is 3.65. The summed E-state index contributed by atoms with van der Waals surface area (Å²) in [5, 5.41) is 2.70. The van der Waals surface area contributed by atoms with Crippen LogP contribution >= 0.6 is 0 Å². The number of halogens is 3. The quantitative estimate of drug-likeness (QED) is 0.576. The van der Waals surface area contributed by atoms with Crippen molar-refractivity contribution >= 4 is 33.7 Å². The molecule has 2 aromatic heterocycles. The fourth-order valence-corrected chi connectivity index (χ4v) is 3.01. The van der Waals surface area contributed by atoms with Crippen LogP contribution in [0.1, 0.15) is 11.4 Å². The predicted molar refractivity (Wildman–Crippen MR) is 94.1 cm³/mol. The first kappa shape index (κ1) is 17.1. The third-order valence-electron chi connectivity index (χ3n) is 4.27. The summed E-state index contributed by atoms with van der Waals surface area (Å²) in [7, 11) is 1.31. The first-order valence-electron chi connectivity index (χ1n) is 8.07. The maximum absolute atomic E-state index is 13.0. The number of anilines is 1. The Kier molecular flexibility index (Phi) is 3.87. The van der Waals surface area contributed by atoms with Crippen molar-refractivity contribution in [2.24, 2.45) is 7.05 Å². The monoisotopic (exact) mass is 373 g/mol. The Morgan fingerprint density at radius 2 is 2.00 bits per heavy atom. The molecule has 0 aliphatic carbocycles. The second kappa shape index (κ2) is 6.11. The molecule has 6 nitrogen and oxygen atoms in total. The van der Waals surface area contributed by atoms with Crippen LogP contribution in [0.4, 0.5) is 18.9 Å². The van der Waals surface area contributed by atoms with Crippen molar-refractivity contribution in [2.75, 3.05) is 5.32 Å². The maximum atomic E-state index is 13.0. The number of carbonyl (C=O) groups is 1. The van der Waals surface area contributed by atoms with Crippen LogP contribution in [0.2, 0.25) is 0 Å². The van der Waals surface area contributed by atoms with Gasteiger partial charge < -0.3 is 14.9 Å². The minimum atomic E-state index is -4.54. The van der Waals surface area contributed by atoms with E-state index in [9.17, 15) is 18.0 Å². The molecule has 0 aliphatic rings. The van der Waals surface area contributed by atoms with Crippen LogP contribution in [0.5, 0.6) is 0 Å². The van der Waals surface area contributed by atoms with Gasteiger partial charge in [-0.25, -0.2) is 9.97 Å². The third-order valence-corrected chi connectivity index (χ3v) is 4.27. The molecule has 4 aromatic rings. The van der Waals surface area contributed by atoms with E-state index in [1.807, 2.05) is 12.1 Å². The Balaban J connectivity index is 1.54. The molecule has 0 aliphatic heterocycles. The Morgan fingerprint density at radius 3 is 2.78 bits per heavy atom. The lowest BCUT2D eigenvalue weighted by Crippen LogP contribution is -2.14. The molecule has 0 saturated carbocycles. The van der Waals surface area contributed by atoms with Gasteiger partial charge in [-0.3, -0.25) is 4.79 Å². The second-order valence-corrected chi connectivity index (χ2v) is 6.17. The highest BCUT2D eigenvalue weighted by Crippen LogP contribution is 2.31. The fourth-order valence-electron chi connectivity index (χ4n) is 3.01. The highest BCUT2D eigenvalue weighted by molar-refractivity contribution is 5.94. The van der Waals surface area contributed by atoms with Crippen LogP contribution in [0.25, 0.3) is 22.1 Å². The summed E-state index contributed by atoms with van der Waals surface area (Å²) < 4.78 is 39.9. The lowest BCUT2D eigenvalue weighted by molar-refractivity contribution is -0.146. The normalized spacial score (nSPS) is 12.0. The number of H-pyrrole nitrogens is 1. The molecule has 138 valence electrons. The average molecular weight is 373 g/mol. The van der Waals surface area contributed by atoms with E-state index in [2.05, 4.69) is 20.3 Å². The number of amides is 1. The number of nitrogens with one attached hydrogen (secondary N) is 2. The van der Waals surface area contributed by atoms with Crippen LogP contribution in [-0.4, -0.2) is 25.4 Å². The first-order valence-corrected chi connectivity index (χ1v) is 8.07. The van der Waals surface area contributed by atoms with Gasteiger partial charge in [0.15, 0.2) is 0 Å². The van der Waals surface area contributed by atoms with Crippen molar-refractivity contribution in [1.82, 2.24) is 19.5 Å². The SMILES string of the molecule is Cn1c(C(F)(F)F)nc2cc(NC(=O)Cc3ccc4nc[nH]c4c3)ccc21. The van der Waals surface area contributed by atoms with Crippen molar-refractivity contribution < 1.29 is 18.0 Å². The number of hydrogen-bond donors (Lipinski definition) is 2. The van der Waals surface area contributed by atoms with Crippen LogP contribution in [-0.2, 0) is 24.4 Å². The Hall–Kier alpha value is -3.36. The number of aromatic amines is 1. The van der Waals surface area contributed by atoms with E-state index < -0.39 is 12.0 Å². The molecule has 2 N–H and O–H groups in total. The molecule has 4 rings (SSSR count). The third kappa shape index (κ3) is 3.23. The summed E-state index contributed by atoms with van der Waals surface area (Å²) in [6, 6.07) is 9.94. The standard InChI is InChI=1S/C18H14F3N5O/c1-26-15-5-3-11(8-14(15)25-17(26)18(19,20)21)24-16(27)7-10-2-4-12-13(6-10)23-9-22-12/h2-6,8-9H,7H2,1H3,(H,22,23)(H,24,27). The van der Waals surface area contributed by atoms with Crippen LogP contribution < -0.4 is 5.32 Å². The fraction of sp³-hybridized carbons (Fsp3) is 0.167. The largest absolute Gasteiger partial charge is 0.449 e. The van der Waals surface area contributed by atoms with E-state index in [4.69, 9.17) is 0 Å². The van der Waals surface area contributed by atoms with Gasteiger partial charge >= 0.3 is 6.18 Å². The van der Waals surface area contributed by atoms with Gasteiger partial charge in [-0.2, -0.15) is 13.2 Å². The summed E-state index contributed by atoms with van der Waals surface area (Å²) in [6.45, 7) is 0. The van der Waals surface area contributed by atoms with Gasteiger partial charge in [0.1, 0.15) is 0 Å². The molecule has 0 bridgehead atoms. The minimum absolute atomic E-state index is 0.128. The zero-order chi connectivity index (χ0) is 19.2. The summed E-state index contributed by atoms with van der Waals surface area (Å²) in [6.07, 6.45) is -2.84. The van der Waals surface area contributed by atoms with Crippen LogP contribution in [0.3, 0.4) is 0 Å². The number of fused-ring (bicyclic) bond motifs is 2.